The number of unbranched alkanes of at least 4 members (excludes halogenated alkanes) is 2. The second-order valence-electron chi connectivity index (χ2n) is 4.37. The summed E-state index contributed by atoms with van der Waals surface area (Å²) < 4.78 is 0. The average Bonchev–Trinajstić information content (AvgIpc) is 2.46. The first-order chi connectivity index (χ1) is 9.42. The fraction of sp³-hybridized carbons (Fsp3) is 0.375. The smallest absolute Gasteiger partial charge is 0.137 e. The van der Waals surface area contributed by atoms with Crippen molar-refractivity contribution in [1.82, 2.24) is 9.97 Å². The summed E-state index contributed by atoms with van der Waals surface area (Å²) in [6.07, 6.45) is 5.85. The van der Waals surface area contributed by atoms with E-state index in [0.29, 0.717) is 0 Å². The molecule has 1 N–H and O–H groups in total. The van der Waals surface area contributed by atoms with E-state index in [4.69, 9.17) is 0 Å². The molecule has 0 amide bonds. The molecule has 0 aliphatic heterocycles. The van der Waals surface area contributed by atoms with E-state index in [1.165, 1.54) is 12.8 Å². The van der Waals surface area contributed by atoms with Gasteiger partial charge in [-0.3, -0.25) is 0 Å². The third-order valence-corrected chi connectivity index (χ3v) is 2.87. The van der Waals surface area contributed by atoms with E-state index < -0.39 is 0 Å². The molecule has 2 rings (SSSR count). The fourth-order valence-electron chi connectivity index (χ4n) is 1.83. The van der Waals surface area contributed by atoms with E-state index >= 15 is 0 Å². The van der Waals surface area contributed by atoms with Crippen LogP contribution in [-0.4, -0.2) is 16.5 Å². The van der Waals surface area contributed by atoms with Gasteiger partial charge < -0.3 is 5.32 Å². The molecule has 1 heterocycles. The van der Waals surface area contributed by atoms with Gasteiger partial charge in [0, 0.05) is 24.8 Å². The predicted molar refractivity (Wildman–Crippen MR) is 79.9 cm³/mol. The molecule has 1 aromatic heterocycles. The van der Waals surface area contributed by atoms with E-state index in [0.717, 1.165) is 36.1 Å². The van der Waals surface area contributed by atoms with Crippen molar-refractivity contribution >= 4 is 16.7 Å². The van der Waals surface area contributed by atoms with Crippen LogP contribution >= 0.6 is 0 Å². The molecule has 3 nitrogen and oxygen atoms in total. The first-order valence-electron chi connectivity index (χ1n) is 6.81. The lowest BCUT2D eigenvalue weighted by Gasteiger charge is -2.05. The van der Waals surface area contributed by atoms with Gasteiger partial charge in [-0.05, 0) is 18.6 Å². The van der Waals surface area contributed by atoms with Gasteiger partial charge in [0.05, 0.1) is 5.52 Å². The Balaban J connectivity index is 1.89. The Morgan fingerprint density at radius 2 is 1.95 bits per heavy atom. The van der Waals surface area contributed by atoms with Crippen molar-refractivity contribution in [2.45, 2.75) is 32.6 Å². The quantitative estimate of drug-likeness (QED) is 0.653. The fourth-order valence-corrected chi connectivity index (χ4v) is 1.83. The molecule has 98 valence electrons. The maximum Gasteiger partial charge on any atom is 0.137 e. The standard InChI is InChI=1S/C16H19N3/c1-2-3-4-5-6-9-12-17-16-14-10-7-8-11-15(14)18-13-19-16/h7-8,10-11,13H,2-4,9,12H2,1H3,(H,17,18,19). The van der Waals surface area contributed by atoms with Crippen LogP contribution in [0.2, 0.25) is 0 Å². The molecule has 1 aromatic carbocycles. The Labute approximate surface area is 114 Å². The Kier molecular flexibility index (Phi) is 5.18. The van der Waals surface area contributed by atoms with Crippen LogP contribution in [0.15, 0.2) is 30.6 Å². The van der Waals surface area contributed by atoms with Crippen LogP contribution < -0.4 is 5.32 Å². The Morgan fingerprint density at radius 3 is 2.84 bits per heavy atom. The van der Waals surface area contributed by atoms with Crippen molar-refractivity contribution in [2.24, 2.45) is 0 Å². The summed E-state index contributed by atoms with van der Waals surface area (Å²) in [7, 11) is 0. The van der Waals surface area contributed by atoms with Crippen molar-refractivity contribution < 1.29 is 0 Å². The van der Waals surface area contributed by atoms with E-state index in [1.807, 2.05) is 24.3 Å². The molecule has 0 aliphatic rings. The highest BCUT2D eigenvalue weighted by atomic mass is 15.0. The zero-order valence-corrected chi connectivity index (χ0v) is 11.3. The highest BCUT2D eigenvalue weighted by molar-refractivity contribution is 5.88. The minimum absolute atomic E-state index is 0.820. The van der Waals surface area contributed by atoms with Crippen LogP contribution in [0, 0.1) is 11.8 Å². The van der Waals surface area contributed by atoms with E-state index in [1.54, 1.807) is 6.33 Å². The molecule has 0 spiro atoms. The number of hydrogen-bond acceptors (Lipinski definition) is 3. The molecular weight excluding hydrogens is 234 g/mol. The number of rotatable bonds is 5. The third-order valence-electron chi connectivity index (χ3n) is 2.87. The molecule has 0 radical (unpaired) electrons. The number of nitrogens with zero attached hydrogens (tertiary/aromatic N) is 2. The zero-order chi connectivity index (χ0) is 13.3. The van der Waals surface area contributed by atoms with Crippen LogP contribution in [0.4, 0.5) is 5.82 Å². The van der Waals surface area contributed by atoms with Crippen LogP contribution in [0.5, 0.6) is 0 Å². The van der Waals surface area contributed by atoms with Crippen molar-refractivity contribution in [3.63, 3.8) is 0 Å². The van der Waals surface area contributed by atoms with E-state index in [2.05, 4.69) is 34.0 Å². The molecule has 2 aromatic rings. The van der Waals surface area contributed by atoms with Gasteiger partial charge in [0.1, 0.15) is 12.1 Å². The first kappa shape index (κ1) is 13.4. The van der Waals surface area contributed by atoms with Crippen LogP contribution in [0.1, 0.15) is 32.6 Å². The highest BCUT2D eigenvalue weighted by Gasteiger charge is 2.00. The summed E-state index contributed by atoms with van der Waals surface area (Å²) in [4.78, 5) is 8.52. The lowest BCUT2D eigenvalue weighted by Crippen LogP contribution is -2.03. The summed E-state index contributed by atoms with van der Waals surface area (Å²) in [5, 5.41) is 4.38. The molecule has 0 saturated carbocycles. The number of benzene rings is 1. The van der Waals surface area contributed by atoms with Gasteiger partial charge in [-0.25, -0.2) is 9.97 Å². The first-order valence-corrected chi connectivity index (χ1v) is 6.81. The number of hydrogen-bond donors (Lipinski definition) is 1. The molecule has 19 heavy (non-hydrogen) atoms. The molecule has 0 aliphatic carbocycles. The van der Waals surface area contributed by atoms with Crippen LogP contribution in [0.3, 0.4) is 0 Å². The molecular formula is C16H19N3. The second kappa shape index (κ2) is 7.38. The summed E-state index contributed by atoms with van der Waals surface area (Å²) >= 11 is 0. The minimum atomic E-state index is 0.820. The monoisotopic (exact) mass is 253 g/mol. The van der Waals surface area contributed by atoms with Gasteiger partial charge in [0.25, 0.3) is 0 Å². The van der Waals surface area contributed by atoms with E-state index in [-0.39, 0.29) is 0 Å². The summed E-state index contributed by atoms with van der Waals surface area (Å²) in [6.45, 7) is 3.00. The summed E-state index contributed by atoms with van der Waals surface area (Å²) in [5.74, 6) is 7.26. The van der Waals surface area contributed by atoms with Gasteiger partial charge in [-0.15, -0.1) is 11.8 Å². The lowest BCUT2D eigenvalue weighted by atomic mass is 10.2. The SMILES string of the molecule is CCCCC#CCCNc1ncnc2ccccc12. The number of anilines is 1. The van der Waals surface area contributed by atoms with Crippen LogP contribution in [0.25, 0.3) is 10.9 Å². The van der Waals surface area contributed by atoms with Crippen molar-refractivity contribution in [3.8, 4) is 11.8 Å². The van der Waals surface area contributed by atoms with Crippen molar-refractivity contribution in [3.05, 3.63) is 30.6 Å². The average molecular weight is 253 g/mol. The van der Waals surface area contributed by atoms with Crippen molar-refractivity contribution in [2.75, 3.05) is 11.9 Å². The Bertz CT molecular complexity index is 576. The lowest BCUT2D eigenvalue weighted by molar-refractivity contribution is 0.827. The molecule has 0 unspecified atom stereocenters. The molecule has 0 saturated heterocycles. The maximum atomic E-state index is 4.28. The van der Waals surface area contributed by atoms with Crippen LogP contribution in [-0.2, 0) is 0 Å². The second-order valence-corrected chi connectivity index (χ2v) is 4.37. The van der Waals surface area contributed by atoms with Gasteiger partial charge in [-0.1, -0.05) is 25.5 Å². The predicted octanol–water partition coefficient (Wildman–Crippen LogP) is 3.63. The van der Waals surface area contributed by atoms with E-state index in [9.17, 15) is 0 Å². The number of fused-ring (bicyclic) bond motifs is 1. The molecule has 3 heteroatoms. The minimum Gasteiger partial charge on any atom is -0.369 e. The topological polar surface area (TPSA) is 37.8 Å². The highest BCUT2D eigenvalue weighted by Crippen LogP contribution is 2.17. The van der Waals surface area contributed by atoms with Gasteiger partial charge in [0.15, 0.2) is 0 Å². The summed E-state index contributed by atoms with van der Waals surface area (Å²) in [6, 6.07) is 8.01. The largest absolute Gasteiger partial charge is 0.369 e. The molecule has 0 bridgehead atoms. The number of aromatic nitrogens is 2. The maximum absolute atomic E-state index is 4.28. The molecule has 0 atom stereocenters. The number of para-hydroxylation sites is 1. The third kappa shape index (κ3) is 3.96. The normalized spacial score (nSPS) is 9.95. The summed E-state index contributed by atoms with van der Waals surface area (Å²) in [5.41, 5.74) is 0.967. The zero-order valence-electron chi connectivity index (χ0n) is 11.3. The number of nitrogens with one attached hydrogen (secondary N) is 1. The van der Waals surface area contributed by atoms with Crippen molar-refractivity contribution in [1.29, 1.82) is 0 Å². The Hall–Kier alpha value is -2.08. The molecule has 0 fully saturated rings. The van der Waals surface area contributed by atoms with Gasteiger partial charge in [-0.2, -0.15) is 0 Å². The Morgan fingerprint density at radius 1 is 1.11 bits per heavy atom. The van der Waals surface area contributed by atoms with Gasteiger partial charge >= 0.3 is 0 Å². The van der Waals surface area contributed by atoms with Gasteiger partial charge in [0.2, 0.25) is 0 Å².